The van der Waals surface area contributed by atoms with Crippen LogP contribution in [0, 0.1) is 0 Å². The first kappa shape index (κ1) is 13.9. The number of fused-ring (bicyclic) bond motifs is 1. The minimum Gasteiger partial charge on any atom is -0.391 e. The second-order valence-corrected chi connectivity index (χ2v) is 7.00. The largest absolute Gasteiger partial charge is 0.391 e. The van der Waals surface area contributed by atoms with Crippen molar-refractivity contribution >= 4 is 37.1 Å². The zero-order valence-electron chi connectivity index (χ0n) is 10.7. The number of aliphatic hydroxyl groups is 1. The summed E-state index contributed by atoms with van der Waals surface area (Å²) in [6.07, 6.45) is 4.06. The molecule has 0 saturated carbocycles. The summed E-state index contributed by atoms with van der Waals surface area (Å²) in [5, 5.41) is 10.0. The lowest BCUT2D eigenvalue weighted by Crippen LogP contribution is -2.14. The average molecular weight is 321 g/mol. The summed E-state index contributed by atoms with van der Waals surface area (Å²) in [5.74, 6) is 0. The Balaban J connectivity index is 2.14. The molecule has 0 amide bonds. The van der Waals surface area contributed by atoms with E-state index in [1.807, 2.05) is 12.1 Å². The van der Waals surface area contributed by atoms with Gasteiger partial charge in [0.05, 0.1) is 29.6 Å². The van der Waals surface area contributed by atoms with Crippen LogP contribution in [0.5, 0.6) is 0 Å². The average Bonchev–Trinajstić information content (AvgIpc) is 2.87. The number of hydrogen-bond donors (Lipinski definition) is 2. The smallest absolute Gasteiger partial charge is 0.263 e. The van der Waals surface area contributed by atoms with Crippen molar-refractivity contribution in [2.45, 2.75) is 11.5 Å². The van der Waals surface area contributed by atoms with Gasteiger partial charge in [-0.25, -0.2) is 18.4 Å². The van der Waals surface area contributed by atoms with Crippen molar-refractivity contribution in [1.82, 2.24) is 9.97 Å². The Morgan fingerprint density at radius 3 is 2.62 bits per heavy atom. The number of sulfonamides is 1. The second kappa shape index (κ2) is 5.40. The first-order chi connectivity index (χ1) is 10.1. The molecule has 0 spiro atoms. The molecule has 0 atom stereocenters. The molecule has 2 N–H and O–H groups in total. The molecule has 3 rings (SSSR count). The summed E-state index contributed by atoms with van der Waals surface area (Å²) >= 11 is 1.26. The van der Waals surface area contributed by atoms with Crippen LogP contribution in [-0.4, -0.2) is 23.5 Å². The molecule has 0 aliphatic carbocycles. The molecule has 8 heteroatoms. The normalized spacial score (nSPS) is 11.7. The van der Waals surface area contributed by atoms with Crippen molar-refractivity contribution in [3.05, 3.63) is 47.9 Å². The maximum absolute atomic E-state index is 12.6. The molecular formula is C13H11N3O3S2. The first-order valence-corrected chi connectivity index (χ1v) is 8.31. The van der Waals surface area contributed by atoms with Crippen LogP contribution in [0.15, 0.2) is 47.9 Å². The number of nitrogens with zero attached hydrogens (tertiary/aromatic N) is 2. The Hall–Kier alpha value is -2.03. The van der Waals surface area contributed by atoms with E-state index in [-0.39, 0.29) is 17.2 Å². The zero-order valence-corrected chi connectivity index (χ0v) is 12.4. The topological polar surface area (TPSA) is 92.2 Å². The van der Waals surface area contributed by atoms with E-state index in [0.717, 1.165) is 4.70 Å². The Morgan fingerprint density at radius 2 is 1.90 bits per heavy atom. The molecule has 1 aromatic carbocycles. The highest BCUT2D eigenvalue weighted by molar-refractivity contribution is 7.93. The van der Waals surface area contributed by atoms with E-state index in [4.69, 9.17) is 0 Å². The number of nitrogens with one attached hydrogen (secondary N) is 1. The van der Waals surface area contributed by atoms with E-state index >= 15 is 0 Å². The Bertz CT molecular complexity index is 876. The van der Waals surface area contributed by atoms with Crippen LogP contribution in [0.4, 0.5) is 5.69 Å². The third-order valence-electron chi connectivity index (χ3n) is 2.84. The Morgan fingerprint density at radius 1 is 1.19 bits per heavy atom. The lowest BCUT2D eigenvalue weighted by Gasteiger charge is -2.08. The van der Waals surface area contributed by atoms with Crippen LogP contribution < -0.4 is 4.72 Å². The summed E-state index contributed by atoms with van der Waals surface area (Å²) in [7, 11) is -3.82. The molecule has 3 aromatic rings. The molecule has 0 bridgehead atoms. The van der Waals surface area contributed by atoms with Gasteiger partial charge in [0.1, 0.15) is 11.2 Å². The molecule has 21 heavy (non-hydrogen) atoms. The molecule has 2 aromatic heterocycles. The van der Waals surface area contributed by atoms with Gasteiger partial charge >= 0.3 is 0 Å². The van der Waals surface area contributed by atoms with E-state index in [1.54, 1.807) is 12.1 Å². The quantitative estimate of drug-likeness (QED) is 0.766. The van der Waals surface area contributed by atoms with E-state index in [0.29, 0.717) is 10.3 Å². The Kier molecular flexibility index (Phi) is 3.58. The van der Waals surface area contributed by atoms with Gasteiger partial charge in [-0.3, -0.25) is 4.72 Å². The van der Waals surface area contributed by atoms with Gasteiger partial charge in [0.2, 0.25) is 0 Å². The predicted octanol–water partition coefficient (Wildman–Crippen LogP) is 1.98. The molecule has 0 saturated heterocycles. The number of thiophene rings is 1. The molecule has 0 unspecified atom stereocenters. The minimum atomic E-state index is -3.82. The highest BCUT2D eigenvalue weighted by Crippen LogP contribution is 2.35. The Labute approximate surface area is 125 Å². The molecule has 2 heterocycles. The van der Waals surface area contributed by atoms with Crippen molar-refractivity contribution in [1.29, 1.82) is 0 Å². The standard InChI is InChI=1S/C13H11N3O3S2/c17-7-12-13(10-3-1-2-4-11(10)20-12)21(18,19)16-9-5-14-8-15-6-9/h1-6,8,16-17H,7H2. The van der Waals surface area contributed by atoms with Crippen molar-refractivity contribution in [2.75, 3.05) is 4.72 Å². The molecular weight excluding hydrogens is 310 g/mol. The monoisotopic (exact) mass is 321 g/mol. The predicted molar refractivity (Wildman–Crippen MR) is 80.6 cm³/mol. The SMILES string of the molecule is O=S(=O)(Nc1cncnc1)c1c(CO)sc2ccccc12. The lowest BCUT2D eigenvalue weighted by molar-refractivity contribution is 0.283. The van der Waals surface area contributed by atoms with Gasteiger partial charge in [0.25, 0.3) is 10.0 Å². The number of rotatable bonds is 4. The van der Waals surface area contributed by atoms with Crippen LogP contribution in [0.2, 0.25) is 0 Å². The maximum atomic E-state index is 12.6. The van der Waals surface area contributed by atoms with Crippen molar-refractivity contribution in [2.24, 2.45) is 0 Å². The number of aromatic nitrogens is 2. The highest BCUT2D eigenvalue weighted by atomic mass is 32.2. The van der Waals surface area contributed by atoms with Crippen LogP contribution in [-0.2, 0) is 16.6 Å². The van der Waals surface area contributed by atoms with E-state index in [9.17, 15) is 13.5 Å². The van der Waals surface area contributed by atoms with Crippen LogP contribution in [0.25, 0.3) is 10.1 Å². The fraction of sp³-hybridized carbons (Fsp3) is 0.0769. The second-order valence-electron chi connectivity index (χ2n) is 4.24. The van der Waals surface area contributed by atoms with Gasteiger partial charge in [-0.15, -0.1) is 11.3 Å². The molecule has 6 nitrogen and oxygen atoms in total. The molecule has 0 aliphatic rings. The fourth-order valence-corrected chi connectivity index (χ4v) is 4.86. The van der Waals surface area contributed by atoms with Gasteiger partial charge in [-0.2, -0.15) is 0 Å². The number of anilines is 1. The minimum absolute atomic E-state index is 0.106. The lowest BCUT2D eigenvalue weighted by atomic mass is 10.2. The van der Waals surface area contributed by atoms with Crippen LogP contribution in [0.3, 0.4) is 0 Å². The van der Waals surface area contributed by atoms with Crippen molar-refractivity contribution in [3.63, 3.8) is 0 Å². The molecule has 0 fully saturated rings. The third-order valence-corrected chi connectivity index (χ3v) is 5.64. The van der Waals surface area contributed by atoms with Crippen LogP contribution >= 0.6 is 11.3 Å². The van der Waals surface area contributed by atoms with Gasteiger partial charge in [0.15, 0.2) is 0 Å². The summed E-state index contributed by atoms with van der Waals surface area (Å²) in [5.41, 5.74) is 0.275. The maximum Gasteiger partial charge on any atom is 0.263 e. The number of benzene rings is 1. The third kappa shape index (κ3) is 2.60. The fourth-order valence-electron chi connectivity index (χ4n) is 2.03. The van der Waals surface area contributed by atoms with Crippen molar-refractivity contribution in [3.8, 4) is 0 Å². The van der Waals surface area contributed by atoms with Crippen molar-refractivity contribution < 1.29 is 13.5 Å². The van der Waals surface area contributed by atoms with Gasteiger partial charge in [0, 0.05) is 10.1 Å². The molecule has 0 radical (unpaired) electrons. The van der Waals surface area contributed by atoms with E-state index in [2.05, 4.69) is 14.7 Å². The van der Waals surface area contributed by atoms with Crippen LogP contribution in [0.1, 0.15) is 4.88 Å². The summed E-state index contributed by atoms with van der Waals surface area (Å²) in [4.78, 5) is 8.05. The zero-order chi connectivity index (χ0) is 14.9. The van der Waals surface area contributed by atoms with Gasteiger partial charge in [-0.05, 0) is 6.07 Å². The number of hydrogen-bond acceptors (Lipinski definition) is 6. The summed E-state index contributed by atoms with van der Waals surface area (Å²) in [6, 6.07) is 7.14. The first-order valence-electron chi connectivity index (χ1n) is 6.01. The summed E-state index contributed by atoms with van der Waals surface area (Å²) in [6.45, 7) is -0.332. The highest BCUT2D eigenvalue weighted by Gasteiger charge is 2.24. The molecule has 0 aliphatic heterocycles. The van der Waals surface area contributed by atoms with E-state index < -0.39 is 10.0 Å². The molecule has 108 valence electrons. The summed E-state index contributed by atoms with van der Waals surface area (Å²) < 4.78 is 28.4. The number of aliphatic hydroxyl groups excluding tert-OH is 1. The van der Waals surface area contributed by atoms with E-state index in [1.165, 1.54) is 30.1 Å². The van der Waals surface area contributed by atoms with Gasteiger partial charge < -0.3 is 5.11 Å². The van der Waals surface area contributed by atoms with Gasteiger partial charge in [-0.1, -0.05) is 18.2 Å².